The molecule has 2 aromatic rings. The first kappa shape index (κ1) is 6.97. The Bertz CT molecular complexity index is 408. The third-order valence-corrected chi connectivity index (χ3v) is 1.80. The first-order valence-corrected chi connectivity index (χ1v) is 3.58. The van der Waals surface area contributed by atoms with Crippen LogP contribution < -0.4 is 10.6 Å². The molecule has 4 nitrogen and oxygen atoms in total. The molecule has 0 aliphatic heterocycles. The van der Waals surface area contributed by atoms with Crippen molar-refractivity contribution in [3.05, 3.63) is 24.4 Å². The van der Waals surface area contributed by atoms with E-state index in [9.17, 15) is 0 Å². The van der Waals surface area contributed by atoms with Gasteiger partial charge in [-0.1, -0.05) is 0 Å². The van der Waals surface area contributed by atoms with Crippen LogP contribution >= 0.6 is 0 Å². The lowest BCUT2D eigenvalue weighted by molar-refractivity contribution is 0.415. The predicted octanol–water partition coefficient (Wildman–Crippen LogP) is 0.759. The van der Waals surface area contributed by atoms with Gasteiger partial charge >= 0.3 is 0 Å². The minimum absolute atomic E-state index is 0.815. The summed E-state index contributed by atoms with van der Waals surface area (Å²) in [6.45, 7) is 0. The minimum Gasteiger partial charge on any atom is -0.497 e. The number of nitrogens with zero attached hydrogens (tertiary/aromatic N) is 2. The fourth-order valence-electron chi connectivity index (χ4n) is 1.16. The number of hydrogen-bond acceptors (Lipinski definition) is 3. The summed E-state index contributed by atoms with van der Waals surface area (Å²) < 4.78 is 5.05. The van der Waals surface area contributed by atoms with E-state index in [-0.39, 0.29) is 0 Å². The Morgan fingerprint density at radius 3 is 3.08 bits per heavy atom. The van der Waals surface area contributed by atoms with Crippen LogP contribution in [0.15, 0.2) is 24.4 Å². The summed E-state index contributed by atoms with van der Waals surface area (Å²) in [6, 6.07) is 5.63. The van der Waals surface area contributed by atoms with Crippen molar-refractivity contribution in [2.75, 3.05) is 13.0 Å². The largest absolute Gasteiger partial charge is 0.497 e. The van der Waals surface area contributed by atoms with Gasteiger partial charge in [-0.15, -0.1) is 0 Å². The second-order valence-corrected chi connectivity index (χ2v) is 2.51. The number of hydrogen-bond donors (Lipinski definition) is 1. The molecule has 0 fully saturated rings. The van der Waals surface area contributed by atoms with Crippen molar-refractivity contribution in [2.24, 2.45) is 0 Å². The summed E-state index contributed by atoms with van der Waals surface area (Å²) in [5.41, 5.74) is 0.899. The van der Waals surface area contributed by atoms with Crippen LogP contribution in [0, 0.1) is 0 Å². The van der Waals surface area contributed by atoms with Crippen LogP contribution in [0.2, 0.25) is 0 Å². The van der Waals surface area contributed by atoms with E-state index in [0.717, 1.165) is 16.7 Å². The maximum absolute atomic E-state index is 5.53. The topological polar surface area (TPSA) is 53.1 Å². The third-order valence-electron chi connectivity index (χ3n) is 1.80. The SMILES string of the molecule is COc1ccc2c(cnn2N)c1. The van der Waals surface area contributed by atoms with Crippen LogP contribution in [-0.2, 0) is 0 Å². The number of fused-ring (bicyclic) bond motifs is 1. The van der Waals surface area contributed by atoms with Gasteiger partial charge in [0.2, 0.25) is 0 Å². The molecular weight excluding hydrogens is 154 g/mol. The number of ether oxygens (including phenoxy) is 1. The quantitative estimate of drug-likeness (QED) is 0.631. The van der Waals surface area contributed by atoms with E-state index >= 15 is 0 Å². The molecule has 0 atom stereocenters. The van der Waals surface area contributed by atoms with Crippen molar-refractivity contribution < 1.29 is 4.74 Å². The average molecular weight is 163 g/mol. The van der Waals surface area contributed by atoms with E-state index in [2.05, 4.69) is 5.10 Å². The molecular formula is C8H9N3O. The van der Waals surface area contributed by atoms with Crippen molar-refractivity contribution in [3.8, 4) is 5.75 Å². The number of nitrogen functional groups attached to an aromatic ring is 1. The fraction of sp³-hybridized carbons (Fsp3) is 0.125. The van der Waals surface area contributed by atoms with Crippen LogP contribution in [0.4, 0.5) is 0 Å². The molecule has 0 amide bonds. The first-order chi connectivity index (χ1) is 5.81. The third kappa shape index (κ3) is 0.887. The molecule has 0 saturated heterocycles. The number of benzene rings is 1. The molecule has 0 aliphatic carbocycles. The van der Waals surface area contributed by atoms with E-state index in [1.54, 1.807) is 13.3 Å². The highest BCUT2D eigenvalue weighted by atomic mass is 16.5. The smallest absolute Gasteiger partial charge is 0.119 e. The molecule has 1 aromatic carbocycles. The second-order valence-electron chi connectivity index (χ2n) is 2.51. The molecule has 1 heterocycles. The van der Waals surface area contributed by atoms with Crippen LogP contribution in [0.5, 0.6) is 5.75 Å². The zero-order chi connectivity index (χ0) is 8.55. The van der Waals surface area contributed by atoms with Crippen LogP contribution in [0.25, 0.3) is 10.9 Å². The molecule has 0 radical (unpaired) electrons. The Balaban J connectivity index is 2.69. The first-order valence-electron chi connectivity index (χ1n) is 3.58. The summed E-state index contributed by atoms with van der Waals surface area (Å²) in [4.78, 5) is 1.34. The summed E-state index contributed by atoms with van der Waals surface area (Å²) in [5, 5.41) is 4.89. The molecule has 0 spiro atoms. The van der Waals surface area contributed by atoms with E-state index in [4.69, 9.17) is 10.6 Å². The van der Waals surface area contributed by atoms with Crippen molar-refractivity contribution in [1.82, 2.24) is 9.89 Å². The molecule has 4 heteroatoms. The zero-order valence-electron chi connectivity index (χ0n) is 6.69. The number of aromatic nitrogens is 2. The Labute approximate surface area is 69.5 Å². The standard InChI is InChI=1S/C8H9N3O/c1-12-7-2-3-8-6(4-7)5-10-11(8)9/h2-5H,9H2,1H3. The van der Waals surface area contributed by atoms with Crippen molar-refractivity contribution in [2.45, 2.75) is 0 Å². The minimum atomic E-state index is 0.815. The molecule has 0 saturated carbocycles. The lowest BCUT2D eigenvalue weighted by Crippen LogP contribution is -2.08. The maximum atomic E-state index is 5.53. The van der Waals surface area contributed by atoms with E-state index in [1.807, 2.05) is 18.2 Å². The number of nitrogens with two attached hydrogens (primary N) is 1. The summed E-state index contributed by atoms with van der Waals surface area (Å²) >= 11 is 0. The molecule has 62 valence electrons. The van der Waals surface area contributed by atoms with E-state index in [0.29, 0.717) is 0 Å². The molecule has 0 bridgehead atoms. The molecule has 2 N–H and O–H groups in total. The number of methoxy groups -OCH3 is 1. The van der Waals surface area contributed by atoms with Gasteiger partial charge in [0.25, 0.3) is 0 Å². The highest BCUT2D eigenvalue weighted by Gasteiger charge is 2.00. The van der Waals surface area contributed by atoms with Crippen molar-refractivity contribution in [1.29, 1.82) is 0 Å². The summed E-state index contributed by atoms with van der Waals surface area (Å²) in [7, 11) is 1.63. The average Bonchev–Trinajstić information content (AvgIpc) is 2.47. The predicted molar refractivity (Wildman–Crippen MR) is 46.4 cm³/mol. The number of rotatable bonds is 1. The lowest BCUT2D eigenvalue weighted by Gasteiger charge is -1.98. The fourth-order valence-corrected chi connectivity index (χ4v) is 1.16. The van der Waals surface area contributed by atoms with Crippen LogP contribution in [0.1, 0.15) is 0 Å². The molecule has 12 heavy (non-hydrogen) atoms. The lowest BCUT2D eigenvalue weighted by atomic mass is 10.2. The van der Waals surface area contributed by atoms with Gasteiger partial charge in [-0.2, -0.15) is 9.89 Å². The van der Waals surface area contributed by atoms with Crippen molar-refractivity contribution in [3.63, 3.8) is 0 Å². The molecule has 0 unspecified atom stereocenters. The normalized spacial score (nSPS) is 10.4. The molecule has 0 aliphatic rings. The van der Waals surface area contributed by atoms with Gasteiger partial charge in [0.1, 0.15) is 5.75 Å². The Kier molecular flexibility index (Phi) is 1.40. The van der Waals surface area contributed by atoms with Gasteiger partial charge in [0.15, 0.2) is 0 Å². The van der Waals surface area contributed by atoms with Crippen LogP contribution in [-0.4, -0.2) is 17.0 Å². The maximum Gasteiger partial charge on any atom is 0.119 e. The Morgan fingerprint density at radius 1 is 1.50 bits per heavy atom. The Hall–Kier alpha value is -1.71. The summed E-state index contributed by atoms with van der Waals surface area (Å²) in [5.74, 6) is 6.35. The van der Waals surface area contributed by atoms with E-state index in [1.165, 1.54) is 4.79 Å². The second kappa shape index (κ2) is 2.41. The molecule has 1 aromatic heterocycles. The highest BCUT2D eigenvalue weighted by Crippen LogP contribution is 2.18. The van der Waals surface area contributed by atoms with Gasteiger partial charge < -0.3 is 10.6 Å². The highest BCUT2D eigenvalue weighted by molar-refractivity contribution is 5.80. The van der Waals surface area contributed by atoms with Gasteiger partial charge in [-0.25, -0.2) is 0 Å². The van der Waals surface area contributed by atoms with Gasteiger partial charge in [-0.05, 0) is 18.2 Å². The Morgan fingerprint density at radius 2 is 2.33 bits per heavy atom. The van der Waals surface area contributed by atoms with Gasteiger partial charge in [0.05, 0.1) is 18.8 Å². The van der Waals surface area contributed by atoms with Crippen molar-refractivity contribution >= 4 is 10.9 Å². The van der Waals surface area contributed by atoms with Gasteiger partial charge in [-0.3, -0.25) is 0 Å². The summed E-state index contributed by atoms with van der Waals surface area (Å²) in [6.07, 6.45) is 1.71. The zero-order valence-corrected chi connectivity index (χ0v) is 6.69. The van der Waals surface area contributed by atoms with Crippen LogP contribution in [0.3, 0.4) is 0 Å². The monoisotopic (exact) mass is 163 g/mol. The van der Waals surface area contributed by atoms with E-state index < -0.39 is 0 Å². The molecule has 2 rings (SSSR count). The van der Waals surface area contributed by atoms with Gasteiger partial charge in [0, 0.05) is 5.39 Å².